The Bertz CT molecular complexity index is 452. The molecule has 3 N–H and O–H groups in total. The van der Waals surface area contributed by atoms with Crippen molar-refractivity contribution in [2.24, 2.45) is 17.1 Å². The normalized spacial score (nSPS) is 28.6. The van der Waals surface area contributed by atoms with E-state index in [9.17, 15) is 5.11 Å². The molecule has 106 valence electrons. The topological polar surface area (TPSA) is 46.2 Å². The van der Waals surface area contributed by atoms with Crippen molar-refractivity contribution in [2.75, 3.05) is 6.54 Å². The van der Waals surface area contributed by atoms with Crippen LogP contribution in [0.2, 0.25) is 10.0 Å². The Morgan fingerprint density at radius 1 is 1.42 bits per heavy atom. The second-order valence-corrected chi connectivity index (χ2v) is 6.47. The zero-order chi connectivity index (χ0) is 14.0. The van der Waals surface area contributed by atoms with E-state index < -0.39 is 6.10 Å². The minimum atomic E-state index is -0.566. The van der Waals surface area contributed by atoms with E-state index in [4.69, 9.17) is 28.9 Å². The zero-order valence-corrected chi connectivity index (χ0v) is 12.7. The fraction of sp³-hybridized carbons (Fsp3) is 0.600. The monoisotopic (exact) mass is 301 g/mol. The summed E-state index contributed by atoms with van der Waals surface area (Å²) in [5, 5.41) is 11.7. The molecule has 1 aromatic rings. The number of rotatable bonds is 4. The van der Waals surface area contributed by atoms with Gasteiger partial charge >= 0.3 is 0 Å². The van der Waals surface area contributed by atoms with Crippen molar-refractivity contribution in [3.05, 3.63) is 33.8 Å². The Hall–Kier alpha value is -0.280. The molecular weight excluding hydrogens is 281 g/mol. The molecule has 2 rings (SSSR count). The number of benzene rings is 1. The Kier molecular flexibility index (Phi) is 4.78. The average Bonchev–Trinajstić information content (AvgIpc) is 2.86. The quantitative estimate of drug-likeness (QED) is 0.876. The SMILES string of the molecule is CCC1CCC(CN)(C(O)c2ccc(Cl)c(Cl)c2)C1. The summed E-state index contributed by atoms with van der Waals surface area (Å²) in [6, 6.07) is 5.33. The van der Waals surface area contributed by atoms with Crippen molar-refractivity contribution in [1.29, 1.82) is 0 Å². The van der Waals surface area contributed by atoms with E-state index in [1.807, 2.05) is 6.07 Å². The van der Waals surface area contributed by atoms with Gasteiger partial charge < -0.3 is 10.8 Å². The fourth-order valence-electron chi connectivity index (χ4n) is 3.20. The molecule has 1 aliphatic rings. The number of aliphatic hydroxyl groups excluding tert-OH is 1. The van der Waals surface area contributed by atoms with Crippen molar-refractivity contribution in [1.82, 2.24) is 0 Å². The van der Waals surface area contributed by atoms with Crippen LogP contribution < -0.4 is 5.73 Å². The van der Waals surface area contributed by atoms with Crippen LogP contribution in [0.15, 0.2) is 18.2 Å². The van der Waals surface area contributed by atoms with E-state index in [1.54, 1.807) is 12.1 Å². The first kappa shape index (κ1) is 15.1. The smallest absolute Gasteiger partial charge is 0.0858 e. The Balaban J connectivity index is 2.25. The predicted octanol–water partition coefficient (Wildman–Crippen LogP) is 4.18. The highest BCUT2D eigenvalue weighted by molar-refractivity contribution is 6.42. The van der Waals surface area contributed by atoms with Crippen LogP contribution in [-0.4, -0.2) is 11.7 Å². The van der Waals surface area contributed by atoms with Crippen LogP contribution in [0.25, 0.3) is 0 Å². The minimum absolute atomic E-state index is 0.210. The van der Waals surface area contributed by atoms with Gasteiger partial charge in [0.05, 0.1) is 16.1 Å². The molecule has 0 radical (unpaired) electrons. The van der Waals surface area contributed by atoms with Crippen LogP contribution in [0.5, 0.6) is 0 Å². The summed E-state index contributed by atoms with van der Waals surface area (Å²) in [5.74, 6) is 0.668. The van der Waals surface area contributed by atoms with E-state index in [0.717, 1.165) is 31.2 Å². The van der Waals surface area contributed by atoms with Gasteiger partial charge in [-0.15, -0.1) is 0 Å². The minimum Gasteiger partial charge on any atom is -0.388 e. The average molecular weight is 302 g/mol. The Morgan fingerprint density at radius 3 is 2.68 bits per heavy atom. The van der Waals surface area contributed by atoms with Gasteiger partial charge in [0.25, 0.3) is 0 Å². The van der Waals surface area contributed by atoms with Crippen LogP contribution in [0.3, 0.4) is 0 Å². The van der Waals surface area contributed by atoms with E-state index in [0.29, 0.717) is 22.5 Å². The molecule has 4 heteroatoms. The lowest BCUT2D eigenvalue weighted by molar-refractivity contribution is 0.0301. The molecule has 3 unspecified atom stereocenters. The Morgan fingerprint density at radius 2 is 2.16 bits per heavy atom. The van der Waals surface area contributed by atoms with E-state index >= 15 is 0 Å². The van der Waals surface area contributed by atoms with Crippen LogP contribution >= 0.6 is 23.2 Å². The third kappa shape index (κ3) is 2.92. The summed E-state index contributed by atoms with van der Waals surface area (Å²) in [5.41, 5.74) is 6.58. The van der Waals surface area contributed by atoms with Gasteiger partial charge in [-0.1, -0.05) is 42.6 Å². The summed E-state index contributed by atoms with van der Waals surface area (Å²) in [4.78, 5) is 0. The second kappa shape index (κ2) is 6.01. The predicted molar refractivity (Wildman–Crippen MR) is 80.5 cm³/mol. The maximum Gasteiger partial charge on any atom is 0.0858 e. The number of nitrogens with two attached hydrogens (primary N) is 1. The number of halogens is 2. The maximum absolute atomic E-state index is 10.7. The Labute approximate surface area is 124 Å². The molecule has 1 aliphatic carbocycles. The van der Waals surface area contributed by atoms with Gasteiger partial charge in [-0.05, 0) is 42.9 Å². The van der Waals surface area contributed by atoms with Crippen molar-refractivity contribution in [2.45, 2.75) is 38.7 Å². The molecule has 1 saturated carbocycles. The van der Waals surface area contributed by atoms with Gasteiger partial charge in [-0.3, -0.25) is 0 Å². The summed E-state index contributed by atoms with van der Waals surface area (Å²) in [7, 11) is 0. The van der Waals surface area contributed by atoms with Gasteiger partial charge in [0, 0.05) is 12.0 Å². The van der Waals surface area contributed by atoms with Crippen molar-refractivity contribution < 1.29 is 5.11 Å². The number of aliphatic hydroxyl groups is 1. The first-order valence-corrected chi connectivity index (χ1v) is 7.61. The molecule has 2 nitrogen and oxygen atoms in total. The lowest BCUT2D eigenvalue weighted by Crippen LogP contribution is -2.34. The van der Waals surface area contributed by atoms with Gasteiger partial charge in [0.15, 0.2) is 0 Å². The standard InChI is InChI=1S/C15H21Cl2NO/c1-2-10-5-6-15(8-10,9-18)14(19)11-3-4-12(16)13(17)7-11/h3-4,7,10,14,19H,2,5-6,8-9,18H2,1H3. The molecule has 0 spiro atoms. The summed E-state index contributed by atoms with van der Waals surface area (Å²) >= 11 is 12.0. The lowest BCUT2D eigenvalue weighted by atomic mass is 9.76. The molecular formula is C15H21Cl2NO. The third-order valence-electron chi connectivity index (χ3n) is 4.57. The first-order chi connectivity index (χ1) is 9.02. The highest BCUT2D eigenvalue weighted by Gasteiger charge is 2.43. The molecule has 0 bridgehead atoms. The van der Waals surface area contributed by atoms with Gasteiger partial charge in [0.1, 0.15) is 0 Å². The summed E-state index contributed by atoms with van der Waals surface area (Å²) in [6.45, 7) is 2.70. The van der Waals surface area contributed by atoms with Crippen molar-refractivity contribution in [3.63, 3.8) is 0 Å². The van der Waals surface area contributed by atoms with E-state index in [1.165, 1.54) is 0 Å². The van der Waals surface area contributed by atoms with Gasteiger partial charge in [-0.2, -0.15) is 0 Å². The first-order valence-electron chi connectivity index (χ1n) is 6.85. The van der Waals surface area contributed by atoms with Crippen molar-refractivity contribution in [3.8, 4) is 0 Å². The molecule has 0 saturated heterocycles. The van der Waals surface area contributed by atoms with Gasteiger partial charge in [-0.25, -0.2) is 0 Å². The van der Waals surface area contributed by atoms with Crippen LogP contribution in [0.1, 0.15) is 44.3 Å². The molecule has 0 heterocycles. The highest BCUT2D eigenvalue weighted by atomic mass is 35.5. The summed E-state index contributed by atoms with van der Waals surface area (Å²) < 4.78 is 0. The van der Waals surface area contributed by atoms with Gasteiger partial charge in [0.2, 0.25) is 0 Å². The molecule has 1 aromatic carbocycles. The molecule has 1 fully saturated rings. The zero-order valence-electron chi connectivity index (χ0n) is 11.2. The maximum atomic E-state index is 10.7. The van der Waals surface area contributed by atoms with E-state index in [2.05, 4.69) is 6.92 Å². The second-order valence-electron chi connectivity index (χ2n) is 5.66. The highest BCUT2D eigenvalue weighted by Crippen LogP contribution is 2.50. The number of hydrogen-bond donors (Lipinski definition) is 2. The fourth-order valence-corrected chi connectivity index (χ4v) is 3.51. The van der Waals surface area contributed by atoms with Crippen LogP contribution in [0.4, 0.5) is 0 Å². The molecule has 0 aromatic heterocycles. The van der Waals surface area contributed by atoms with Crippen LogP contribution in [0, 0.1) is 11.3 Å². The van der Waals surface area contributed by atoms with E-state index in [-0.39, 0.29) is 5.41 Å². The molecule has 0 aliphatic heterocycles. The summed E-state index contributed by atoms with van der Waals surface area (Å²) in [6.07, 6.45) is 3.69. The number of hydrogen-bond acceptors (Lipinski definition) is 2. The molecule has 19 heavy (non-hydrogen) atoms. The third-order valence-corrected chi connectivity index (χ3v) is 5.31. The largest absolute Gasteiger partial charge is 0.388 e. The van der Waals surface area contributed by atoms with Crippen molar-refractivity contribution >= 4 is 23.2 Å². The molecule has 0 amide bonds. The van der Waals surface area contributed by atoms with Crippen LogP contribution in [-0.2, 0) is 0 Å². The lowest BCUT2D eigenvalue weighted by Gasteiger charge is -2.34. The molecule has 3 atom stereocenters.